The predicted octanol–water partition coefficient (Wildman–Crippen LogP) is 4.63. The number of unbranched alkanes of at least 4 members (excludes halogenated alkanes) is 7. The summed E-state index contributed by atoms with van der Waals surface area (Å²) in [6, 6.07) is 0. The monoisotopic (exact) mass is 326 g/mol. The molecule has 1 fully saturated rings. The van der Waals surface area contributed by atoms with Crippen LogP contribution < -0.4 is 11.3 Å². The maximum atomic E-state index is 12.0. The minimum absolute atomic E-state index is 0.402. The Balaban J connectivity index is 2.37. The summed E-state index contributed by atoms with van der Waals surface area (Å²) in [5.41, 5.74) is 2.24. The van der Waals surface area contributed by atoms with Crippen LogP contribution in [-0.2, 0) is 4.79 Å². The van der Waals surface area contributed by atoms with Crippen LogP contribution in [0.2, 0.25) is 0 Å². The van der Waals surface area contributed by atoms with E-state index >= 15 is 0 Å². The minimum atomic E-state index is -0.539. The van der Waals surface area contributed by atoms with Crippen molar-refractivity contribution in [2.45, 2.75) is 96.8 Å². The zero-order chi connectivity index (χ0) is 17.0. The van der Waals surface area contributed by atoms with E-state index in [2.05, 4.69) is 12.3 Å². The summed E-state index contributed by atoms with van der Waals surface area (Å²) in [4.78, 5) is 12.0. The molecule has 4 heteroatoms. The number of aliphatic carboxylic acids is 1. The first-order valence-electron chi connectivity index (χ1n) is 9.84. The third kappa shape index (κ3) is 6.80. The van der Waals surface area contributed by atoms with Crippen LogP contribution in [-0.4, -0.2) is 17.6 Å². The highest BCUT2D eigenvalue weighted by Crippen LogP contribution is 2.49. The first-order valence-corrected chi connectivity index (χ1v) is 9.84. The highest BCUT2D eigenvalue weighted by molar-refractivity contribution is 5.75. The molecular weight excluding hydrogens is 288 g/mol. The molecule has 1 aliphatic carbocycles. The third-order valence-electron chi connectivity index (χ3n) is 5.73. The molecule has 2 atom stereocenters. The molecule has 0 bridgehead atoms. The second-order valence-corrected chi connectivity index (χ2v) is 7.37. The van der Waals surface area contributed by atoms with Crippen molar-refractivity contribution in [2.75, 3.05) is 6.54 Å². The molecule has 0 unspecified atom stereocenters. The van der Waals surface area contributed by atoms with Gasteiger partial charge in [0.2, 0.25) is 0 Å². The van der Waals surface area contributed by atoms with Gasteiger partial charge in [0.15, 0.2) is 0 Å². The molecule has 23 heavy (non-hydrogen) atoms. The molecular formula is C19H38N2O2. The van der Waals surface area contributed by atoms with Gasteiger partial charge in [-0.1, -0.05) is 64.7 Å². The van der Waals surface area contributed by atoms with E-state index in [1.807, 2.05) is 0 Å². The molecule has 1 saturated carbocycles. The van der Waals surface area contributed by atoms with Crippen LogP contribution in [0.15, 0.2) is 0 Å². The Hall–Kier alpha value is -0.610. The first kappa shape index (κ1) is 20.4. The van der Waals surface area contributed by atoms with Gasteiger partial charge in [-0.25, -0.2) is 0 Å². The highest BCUT2D eigenvalue weighted by atomic mass is 16.4. The number of hydrazine groups is 1. The number of hydrogen-bond donors (Lipinski definition) is 3. The second-order valence-electron chi connectivity index (χ2n) is 7.37. The van der Waals surface area contributed by atoms with Crippen LogP contribution in [0.25, 0.3) is 0 Å². The summed E-state index contributed by atoms with van der Waals surface area (Å²) in [7, 11) is 0. The molecule has 0 aromatic heterocycles. The third-order valence-corrected chi connectivity index (χ3v) is 5.73. The lowest BCUT2D eigenvalue weighted by Crippen LogP contribution is -2.35. The number of hydrogen-bond acceptors (Lipinski definition) is 3. The summed E-state index contributed by atoms with van der Waals surface area (Å²) in [5, 5.41) is 9.88. The van der Waals surface area contributed by atoms with E-state index < -0.39 is 11.4 Å². The highest BCUT2D eigenvalue weighted by Gasteiger charge is 2.47. The Morgan fingerprint density at radius 3 is 2.52 bits per heavy atom. The number of carbonyl (C=O) groups is 1. The molecule has 1 rings (SSSR count). The Labute approximate surface area is 142 Å². The van der Waals surface area contributed by atoms with Crippen LogP contribution in [0, 0.1) is 11.3 Å². The number of nitrogens with one attached hydrogen (secondary N) is 1. The SMILES string of the molecule is CCCCCCCC[C@H]1CCC[C@@]1(CCCCCNN)C(=O)O. The van der Waals surface area contributed by atoms with Gasteiger partial charge in [0.05, 0.1) is 5.41 Å². The van der Waals surface area contributed by atoms with Crippen LogP contribution in [0.4, 0.5) is 0 Å². The Kier molecular flexibility index (Phi) is 10.5. The van der Waals surface area contributed by atoms with E-state index in [0.29, 0.717) is 5.92 Å². The molecule has 4 N–H and O–H groups in total. The van der Waals surface area contributed by atoms with Gasteiger partial charge in [0.25, 0.3) is 0 Å². The van der Waals surface area contributed by atoms with Gasteiger partial charge >= 0.3 is 5.97 Å². The summed E-state index contributed by atoms with van der Waals surface area (Å²) in [5.74, 6) is 5.15. The van der Waals surface area contributed by atoms with Crippen molar-refractivity contribution in [3.63, 3.8) is 0 Å². The lowest BCUT2D eigenvalue weighted by atomic mass is 9.72. The summed E-state index contributed by atoms with van der Waals surface area (Å²) in [6.07, 6.45) is 15.9. The van der Waals surface area contributed by atoms with Crippen molar-refractivity contribution in [1.82, 2.24) is 5.43 Å². The van der Waals surface area contributed by atoms with E-state index in [1.165, 1.54) is 38.5 Å². The van der Waals surface area contributed by atoms with Gasteiger partial charge in [0.1, 0.15) is 0 Å². The van der Waals surface area contributed by atoms with E-state index in [0.717, 1.165) is 57.9 Å². The molecule has 0 aliphatic heterocycles. The summed E-state index contributed by atoms with van der Waals surface area (Å²) in [6.45, 7) is 3.06. The normalized spacial score (nSPS) is 24.2. The maximum Gasteiger partial charge on any atom is 0.309 e. The topological polar surface area (TPSA) is 75.3 Å². The first-order chi connectivity index (χ1) is 11.2. The number of rotatable bonds is 14. The van der Waals surface area contributed by atoms with Crippen molar-refractivity contribution < 1.29 is 9.90 Å². The molecule has 0 spiro atoms. The maximum absolute atomic E-state index is 12.0. The van der Waals surface area contributed by atoms with E-state index in [1.54, 1.807) is 0 Å². The van der Waals surface area contributed by atoms with Crippen LogP contribution in [0.3, 0.4) is 0 Å². The van der Waals surface area contributed by atoms with Gasteiger partial charge < -0.3 is 5.11 Å². The van der Waals surface area contributed by atoms with Crippen molar-refractivity contribution in [1.29, 1.82) is 0 Å². The quantitative estimate of drug-likeness (QED) is 0.247. The summed E-state index contributed by atoms with van der Waals surface area (Å²) < 4.78 is 0. The lowest BCUT2D eigenvalue weighted by Gasteiger charge is -2.31. The molecule has 0 heterocycles. The molecule has 136 valence electrons. The van der Waals surface area contributed by atoms with Gasteiger partial charge in [-0.05, 0) is 38.0 Å². The zero-order valence-corrected chi connectivity index (χ0v) is 15.1. The van der Waals surface area contributed by atoms with Crippen molar-refractivity contribution >= 4 is 5.97 Å². The number of nitrogens with two attached hydrogens (primary N) is 1. The molecule has 1 aliphatic rings. The Bertz CT molecular complexity index is 322. The Morgan fingerprint density at radius 2 is 1.83 bits per heavy atom. The standard InChI is InChI=1S/C19H38N2O2/c1-2-3-4-5-6-8-12-17-13-11-15-19(17,18(22)23)14-9-7-10-16-21-20/h17,21H,2-16,20H2,1H3,(H,22,23)/t17-,19+/m0/s1. The molecule has 0 saturated heterocycles. The van der Waals surface area contributed by atoms with Crippen LogP contribution in [0.5, 0.6) is 0 Å². The fraction of sp³-hybridized carbons (Fsp3) is 0.947. The average molecular weight is 327 g/mol. The minimum Gasteiger partial charge on any atom is -0.481 e. The van der Waals surface area contributed by atoms with E-state index in [-0.39, 0.29) is 0 Å². The Morgan fingerprint density at radius 1 is 1.13 bits per heavy atom. The molecule has 4 nitrogen and oxygen atoms in total. The molecule has 0 aromatic carbocycles. The molecule has 0 radical (unpaired) electrons. The summed E-state index contributed by atoms with van der Waals surface area (Å²) >= 11 is 0. The zero-order valence-electron chi connectivity index (χ0n) is 15.1. The van der Waals surface area contributed by atoms with Crippen molar-refractivity contribution in [3.8, 4) is 0 Å². The molecule has 0 aromatic rings. The van der Waals surface area contributed by atoms with Gasteiger partial charge in [-0.2, -0.15) is 0 Å². The largest absolute Gasteiger partial charge is 0.481 e. The fourth-order valence-corrected chi connectivity index (χ4v) is 4.30. The van der Waals surface area contributed by atoms with E-state index in [4.69, 9.17) is 5.84 Å². The van der Waals surface area contributed by atoms with Gasteiger partial charge in [-0.3, -0.25) is 16.1 Å². The predicted molar refractivity (Wildman–Crippen MR) is 96.1 cm³/mol. The second kappa shape index (κ2) is 11.9. The number of carboxylic acids is 1. The van der Waals surface area contributed by atoms with Gasteiger partial charge in [0, 0.05) is 6.54 Å². The molecule has 0 amide bonds. The number of carboxylic acid groups (broad SMARTS) is 1. The fourth-order valence-electron chi connectivity index (χ4n) is 4.30. The lowest BCUT2D eigenvalue weighted by molar-refractivity contribution is -0.152. The van der Waals surface area contributed by atoms with Gasteiger partial charge in [-0.15, -0.1) is 0 Å². The van der Waals surface area contributed by atoms with Crippen LogP contribution >= 0.6 is 0 Å². The van der Waals surface area contributed by atoms with Crippen molar-refractivity contribution in [2.24, 2.45) is 17.2 Å². The van der Waals surface area contributed by atoms with Crippen molar-refractivity contribution in [3.05, 3.63) is 0 Å². The van der Waals surface area contributed by atoms with E-state index in [9.17, 15) is 9.90 Å². The van der Waals surface area contributed by atoms with Crippen LogP contribution in [0.1, 0.15) is 96.8 Å². The smallest absolute Gasteiger partial charge is 0.309 e. The average Bonchev–Trinajstić information content (AvgIpc) is 2.95.